The maximum absolute atomic E-state index is 13.2. The van der Waals surface area contributed by atoms with Crippen molar-refractivity contribution in [1.29, 1.82) is 0 Å². The van der Waals surface area contributed by atoms with Crippen LogP contribution in [0.5, 0.6) is 0 Å². The minimum absolute atomic E-state index is 0.118. The van der Waals surface area contributed by atoms with E-state index in [0.717, 1.165) is 31.6 Å². The van der Waals surface area contributed by atoms with E-state index >= 15 is 0 Å². The van der Waals surface area contributed by atoms with Gasteiger partial charge in [0.25, 0.3) is 0 Å². The highest BCUT2D eigenvalue weighted by molar-refractivity contribution is 6.34. The standard InChI is InChI=1S/C26H30ClF3N4O3/c1-6-13-37-18-10-8-17(9-11-18)21-32-24(36-5)33-22(34(21)4)19-14-16(7-12-20(19)27)15-31-23(35)25(2,3)26(28,29)30/h7-8,10-12,14H,6,9,13,15H2,1-5H3,(H,31,35). The zero-order chi connectivity index (χ0) is 27.4. The number of benzene rings is 1. The molecule has 3 rings (SSSR count). The van der Waals surface area contributed by atoms with E-state index in [0.29, 0.717) is 40.8 Å². The topological polar surface area (TPSA) is 75.5 Å². The van der Waals surface area contributed by atoms with E-state index in [4.69, 9.17) is 21.1 Å². The number of rotatable bonds is 7. The number of amides is 1. The van der Waals surface area contributed by atoms with Crippen molar-refractivity contribution in [1.82, 2.24) is 10.2 Å². The van der Waals surface area contributed by atoms with Crippen LogP contribution in [0.1, 0.15) is 44.7 Å². The Morgan fingerprint density at radius 2 is 1.95 bits per heavy atom. The number of nitrogens with zero attached hydrogens (tertiary/aromatic N) is 3. The summed E-state index contributed by atoms with van der Waals surface area (Å²) in [6.45, 7) is 4.24. The number of carbonyl (C=O) groups is 1. The fraction of sp³-hybridized carbons (Fsp3) is 0.423. The highest BCUT2D eigenvalue weighted by Gasteiger charge is 2.52. The maximum Gasteiger partial charge on any atom is 0.402 e. The van der Waals surface area contributed by atoms with Gasteiger partial charge in [0.15, 0.2) is 0 Å². The number of hydrogen-bond acceptors (Lipinski definition) is 6. The number of amidine groups is 2. The number of carbonyl (C=O) groups excluding carboxylic acids is 1. The van der Waals surface area contributed by atoms with Crippen molar-refractivity contribution in [2.45, 2.75) is 46.3 Å². The molecule has 0 radical (unpaired) electrons. The molecule has 11 heteroatoms. The fourth-order valence-corrected chi connectivity index (χ4v) is 3.69. The molecule has 1 aliphatic heterocycles. The third-order valence-corrected chi connectivity index (χ3v) is 6.28. The predicted octanol–water partition coefficient (Wildman–Crippen LogP) is 5.72. The molecule has 1 aromatic rings. The first kappa shape index (κ1) is 28.3. The third-order valence-electron chi connectivity index (χ3n) is 5.95. The van der Waals surface area contributed by atoms with Crippen molar-refractivity contribution < 1.29 is 27.4 Å². The zero-order valence-corrected chi connectivity index (χ0v) is 22.1. The van der Waals surface area contributed by atoms with Crippen molar-refractivity contribution in [2.24, 2.45) is 15.4 Å². The van der Waals surface area contributed by atoms with Gasteiger partial charge in [-0.05, 0) is 62.1 Å². The first-order chi connectivity index (χ1) is 17.4. The van der Waals surface area contributed by atoms with Crippen LogP contribution in [-0.2, 0) is 20.8 Å². The van der Waals surface area contributed by atoms with Crippen molar-refractivity contribution >= 4 is 29.4 Å². The summed E-state index contributed by atoms with van der Waals surface area (Å²) < 4.78 is 50.6. The summed E-state index contributed by atoms with van der Waals surface area (Å²) in [4.78, 5) is 23.0. The molecule has 1 heterocycles. The van der Waals surface area contributed by atoms with Crippen molar-refractivity contribution in [3.05, 3.63) is 69.7 Å². The molecule has 0 unspecified atom stereocenters. The molecule has 1 amide bonds. The fourth-order valence-electron chi connectivity index (χ4n) is 3.48. The third kappa shape index (κ3) is 6.36. The molecule has 1 N–H and O–H groups in total. The molecular weight excluding hydrogens is 509 g/mol. The molecular formula is C26H30ClF3N4O3. The van der Waals surface area contributed by atoms with Crippen LogP contribution in [0.25, 0.3) is 0 Å². The molecule has 0 atom stereocenters. The van der Waals surface area contributed by atoms with Crippen molar-refractivity contribution in [3.63, 3.8) is 0 Å². The average Bonchev–Trinajstić information content (AvgIpc) is 2.86. The quantitative estimate of drug-likeness (QED) is 0.482. The molecule has 0 aromatic heterocycles. The molecule has 37 heavy (non-hydrogen) atoms. The Balaban J connectivity index is 1.87. The van der Waals surface area contributed by atoms with E-state index in [2.05, 4.69) is 15.3 Å². The second kappa shape index (κ2) is 11.4. The predicted molar refractivity (Wildman–Crippen MR) is 137 cm³/mol. The Morgan fingerprint density at radius 1 is 1.22 bits per heavy atom. The van der Waals surface area contributed by atoms with Crippen LogP contribution < -0.4 is 5.32 Å². The van der Waals surface area contributed by atoms with E-state index in [1.165, 1.54) is 7.11 Å². The molecule has 1 aromatic carbocycles. The lowest BCUT2D eigenvalue weighted by molar-refractivity contribution is -0.211. The minimum atomic E-state index is -4.67. The van der Waals surface area contributed by atoms with Gasteiger partial charge in [0, 0.05) is 19.2 Å². The molecule has 0 saturated heterocycles. The van der Waals surface area contributed by atoms with Crippen LogP contribution in [0.3, 0.4) is 0 Å². The Bertz CT molecular complexity index is 1200. The van der Waals surface area contributed by atoms with Crippen LogP contribution in [0, 0.1) is 5.41 Å². The molecule has 2 aliphatic rings. The number of ether oxygens (including phenoxy) is 2. The molecule has 7 nitrogen and oxygen atoms in total. The van der Waals surface area contributed by atoms with Crippen molar-refractivity contribution in [3.8, 4) is 0 Å². The van der Waals surface area contributed by atoms with Gasteiger partial charge in [-0.1, -0.05) is 30.7 Å². The number of aliphatic imine (C=N–C) groups is 2. The Hall–Kier alpha value is -3.27. The summed E-state index contributed by atoms with van der Waals surface area (Å²) in [7, 11) is 3.24. The van der Waals surface area contributed by atoms with Crippen LogP contribution in [-0.4, -0.2) is 49.6 Å². The number of nitrogens with one attached hydrogen (secondary N) is 1. The lowest BCUT2D eigenvalue weighted by atomic mass is 9.91. The number of alkyl halides is 3. The van der Waals surface area contributed by atoms with Gasteiger partial charge in [0.2, 0.25) is 5.91 Å². The van der Waals surface area contributed by atoms with Gasteiger partial charge in [-0.15, -0.1) is 0 Å². The van der Waals surface area contributed by atoms with E-state index in [1.807, 2.05) is 25.2 Å². The number of hydrogen-bond donors (Lipinski definition) is 1. The lowest BCUT2D eigenvalue weighted by Crippen LogP contribution is -2.46. The summed E-state index contributed by atoms with van der Waals surface area (Å²) >= 11 is 6.50. The molecule has 0 spiro atoms. The molecule has 0 bridgehead atoms. The summed E-state index contributed by atoms with van der Waals surface area (Å²) in [5.41, 5.74) is -0.557. The van der Waals surface area contributed by atoms with Gasteiger partial charge < -0.3 is 19.7 Å². The first-order valence-corrected chi connectivity index (χ1v) is 12.1. The second-order valence-electron chi connectivity index (χ2n) is 9.05. The normalized spacial score (nSPS) is 18.2. The largest absolute Gasteiger partial charge is 0.494 e. The number of methoxy groups -OCH3 is 1. The van der Waals surface area contributed by atoms with Gasteiger partial charge >= 0.3 is 12.2 Å². The van der Waals surface area contributed by atoms with Crippen LogP contribution in [0.4, 0.5) is 13.2 Å². The Labute approximate surface area is 219 Å². The Kier molecular flexibility index (Phi) is 8.73. The summed E-state index contributed by atoms with van der Waals surface area (Å²) in [6, 6.07) is 5.04. The minimum Gasteiger partial charge on any atom is -0.494 e. The van der Waals surface area contributed by atoms with E-state index < -0.39 is 17.5 Å². The van der Waals surface area contributed by atoms with Crippen LogP contribution >= 0.6 is 11.6 Å². The van der Waals surface area contributed by atoms with Gasteiger partial charge in [0.1, 0.15) is 22.8 Å². The highest BCUT2D eigenvalue weighted by Crippen LogP contribution is 2.37. The van der Waals surface area contributed by atoms with Gasteiger partial charge in [-0.25, -0.2) is 0 Å². The van der Waals surface area contributed by atoms with E-state index in [1.54, 1.807) is 30.1 Å². The smallest absolute Gasteiger partial charge is 0.402 e. The summed E-state index contributed by atoms with van der Waals surface area (Å²) in [6.07, 6.45) is 2.59. The van der Waals surface area contributed by atoms with E-state index in [9.17, 15) is 18.0 Å². The number of allylic oxidation sites excluding steroid dienone is 4. The summed E-state index contributed by atoms with van der Waals surface area (Å²) in [5, 5.41) is 2.73. The highest BCUT2D eigenvalue weighted by atomic mass is 35.5. The van der Waals surface area contributed by atoms with Gasteiger partial charge in [-0.2, -0.15) is 23.2 Å². The number of halogens is 4. The lowest BCUT2D eigenvalue weighted by Gasteiger charge is -2.28. The maximum atomic E-state index is 13.2. The molecule has 200 valence electrons. The Morgan fingerprint density at radius 3 is 2.54 bits per heavy atom. The first-order valence-electron chi connectivity index (χ1n) is 11.7. The monoisotopic (exact) mass is 538 g/mol. The average molecular weight is 539 g/mol. The van der Waals surface area contributed by atoms with Gasteiger partial charge in [0.05, 0.1) is 18.7 Å². The van der Waals surface area contributed by atoms with Crippen LogP contribution in [0.2, 0.25) is 5.02 Å². The van der Waals surface area contributed by atoms with E-state index in [-0.39, 0.29) is 12.6 Å². The molecule has 0 saturated carbocycles. The second-order valence-corrected chi connectivity index (χ2v) is 9.46. The molecule has 0 fully saturated rings. The zero-order valence-electron chi connectivity index (χ0n) is 21.4. The SMILES string of the molecule is CCCOC1=CCC(=C2N=C(OC)N=C(c3cc(CNC(=O)C(C)(C)C(F)(F)F)ccc3Cl)N2C)C=C1. The van der Waals surface area contributed by atoms with Gasteiger partial charge in [-0.3, -0.25) is 4.79 Å². The van der Waals surface area contributed by atoms with Crippen molar-refractivity contribution in [2.75, 3.05) is 20.8 Å². The van der Waals surface area contributed by atoms with Crippen LogP contribution in [0.15, 0.2) is 63.6 Å². The summed E-state index contributed by atoms with van der Waals surface area (Å²) in [5.74, 6) is 0.712. The molecule has 1 aliphatic carbocycles.